The quantitative estimate of drug-likeness (QED) is 0.745. The number of sulfone groups is 1. The molecule has 1 rings (SSSR count). The predicted molar refractivity (Wildman–Crippen MR) is 78.2 cm³/mol. The maximum absolute atomic E-state index is 13.8. The van der Waals surface area contributed by atoms with E-state index in [9.17, 15) is 12.8 Å². The van der Waals surface area contributed by atoms with Crippen LogP contribution in [0.15, 0.2) is 18.2 Å². The minimum Gasteiger partial charge on any atom is -0.490 e. The van der Waals surface area contributed by atoms with Gasteiger partial charge in [0.25, 0.3) is 0 Å². The van der Waals surface area contributed by atoms with Crippen molar-refractivity contribution in [3.05, 3.63) is 29.6 Å². The topological polar surface area (TPSA) is 69.4 Å². The van der Waals surface area contributed by atoms with Crippen LogP contribution in [0.5, 0.6) is 5.75 Å². The second kappa shape index (κ2) is 7.59. The van der Waals surface area contributed by atoms with Crippen LogP contribution >= 0.6 is 0 Å². The molecule has 0 aliphatic rings. The summed E-state index contributed by atoms with van der Waals surface area (Å²) in [4.78, 5) is 0. The highest BCUT2D eigenvalue weighted by molar-refractivity contribution is 7.90. The lowest BCUT2D eigenvalue weighted by Crippen LogP contribution is -2.22. The molecular weight excluding hydrogens is 281 g/mol. The molecule has 0 saturated carbocycles. The first kappa shape index (κ1) is 16.9. The summed E-state index contributed by atoms with van der Waals surface area (Å²) < 4.78 is 41.2. The van der Waals surface area contributed by atoms with Crippen LogP contribution in [0.25, 0.3) is 0 Å². The van der Waals surface area contributed by atoms with Crippen molar-refractivity contribution < 1.29 is 17.5 Å². The first-order valence-electron chi connectivity index (χ1n) is 6.67. The van der Waals surface area contributed by atoms with E-state index in [1.807, 2.05) is 6.92 Å². The van der Waals surface area contributed by atoms with Gasteiger partial charge >= 0.3 is 0 Å². The number of rotatable bonds is 8. The Kier molecular flexibility index (Phi) is 6.42. The molecule has 6 heteroatoms. The molecule has 0 amide bonds. The van der Waals surface area contributed by atoms with Gasteiger partial charge in [0, 0.05) is 12.3 Å². The molecule has 0 aromatic heterocycles. The lowest BCUT2D eigenvalue weighted by molar-refractivity contribution is 0.297. The lowest BCUT2D eigenvalue weighted by atomic mass is 10.0. The third kappa shape index (κ3) is 5.88. The summed E-state index contributed by atoms with van der Waals surface area (Å²) in [6, 6.07) is 4.68. The van der Waals surface area contributed by atoms with Gasteiger partial charge in [-0.3, -0.25) is 0 Å². The molecule has 114 valence electrons. The molecular formula is C14H22FNO3S. The van der Waals surface area contributed by atoms with Crippen molar-refractivity contribution in [3.63, 3.8) is 0 Å². The van der Waals surface area contributed by atoms with Crippen LogP contribution in [0.4, 0.5) is 4.39 Å². The summed E-state index contributed by atoms with van der Waals surface area (Å²) in [5.41, 5.74) is 6.60. The maximum atomic E-state index is 13.8. The van der Waals surface area contributed by atoms with E-state index >= 15 is 0 Å². The van der Waals surface area contributed by atoms with Crippen molar-refractivity contribution in [1.29, 1.82) is 0 Å². The minimum absolute atomic E-state index is 0.0330. The highest BCUT2D eigenvalue weighted by Gasteiger charge is 2.12. The Labute approximate surface area is 120 Å². The van der Waals surface area contributed by atoms with E-state index in [1.54, 1.807) is 12.1 Å². The molecule has 0 radical (unpaired) electrons. The second-order valence-corrected chi connectivity index (χ2v) is 7.19. The van der Waals surface area contributed by atoms with E-state index in [0.717, 1.165) is 12.0 Å². The molecule has 1 aromatic rings. The molecule has 0 aliphatic heterocycles. The molecule has 0 aliphatic carbocycles. The zero-order chi connectivity index (χ0) is 15.2. The molecule has 0 saturated heterocycles. The molecule has 2 N–H and O–H groups in total. The van der Waals surface area contributed by atoms with E-state index in [1.165, 1.54) is 12.3 Å². The van der Waals surface area contributed by atoms with Gasteiger partial charge in [0.1, 0.15) is 9.84 Å². The molecule has 0 spiro atoms. The van der Waals surface area contributed by atoms with Crippen molar-refractivity contribution in [2.75, 3.05) is 18.6 Å². The van der Waals surface area contributed by atoms with Crippen LogP contribution in [0.1, 0.15) is 25.3 Å². The Balaban J connectivity index is 2.68. The summed E-state index contributed by atoms with van der Waals surface area (Å²) >= 11 is 0. The van der Waals surface area contributed by atoms with E-state index < -0.39 is 15.7 Å². The molecule has 0 heterocycles. The van der Waals surface area contributed by atoms with Gasteiger partial charge in [0.05, 0.1) is 12.4 Å². The van der Waals surface area contributed by atoms with Crippen molar-refractivity contribution in [1.82, 2.24) is 0 Å². The Bertz CT molecular complexity index is 531. The van der Waals surface area contributed by atoms with E-state index in [2.05, 4.69) is 0 Å². The summed E-state index contributed by atoms with van der Waals surface area (Å²) in [6.45, 7) is 2.14. The number of ether oxygens (including phenoxy) is 1. The van der Waals surface area contributed by atoms with Gasteiger partial charge in [0.15, 0.2) is 11.6 Å². The van der Waals surface area contributed by atoms with E-state index in [0.29, 0.717) is 12.8 Å². The molecule has 1 aromatic carbocycles. The number of para-hydroxylation sites is 1. The molecule has 1 atom stereocenters. The summed E-state index contributed by atoms with van der Waals surface area (Å²) in [6.07, 6.45) is 2.84. The summed E-state index contributed by atoms with van der Waals surface area (Å²) in [5.74, 6) is -0.222. The predicted octanol–water partition coefficient (Wildman–Crippen LogP) is 1.92. The maximum Gasteiger partial charge on any atom is 0.165 e. The van der Waals surface area contributed by atoms with Gasteiger partial charge in [-0.15, -0.1) is 0 Å². The third-order valence-corrected chi connectivity index (χ3v) is 3.99. The molecule has 4 nitrogen and oxygen atoms in total. The normalized spacial score (nSPS) is 13.2. The average molecular weight is 303 g/mol. The zero-order valence-electron chi connectivity index (χ0n) is 11.9. The van der Waals surface area contributed by atoms with Gasteiger partial charge in [-0.1, -0.05) is 19.1 Å². The van der Waals surface area contributed by atoms with Crippen LogP contribution in [0, 0.1) is 5.82 Å². The number of nitrogens with two attached hydrogens (primary N) is 1. The van der Waals surface area contributed by atoms with Crippen molar-refractivity contribution in [2.24, 2.45) is 5.73 Å². The monoisotopic (exact) mass is 303 g/mol. The molecule has 1 unspecified atom stereocenters. The Morgan fingerprint density at radius 1 is 1.40 bits per heavy atom. The van der Waals surface area contributed by atoms with Crippen molar-refractivity contribution in [2.45, 2.75) is 32.2 Å². The first-order chi connectivity index (χ1) is 9.33. The zero-order valence-corrected chi connectivity index (χ0v) is 12.7. The van der Waals surface area contributed by atoms with E-state index in [-0.39, 0.29) is 24.2 Å². The van der Waals surface area contributed by atoms with Crippen LogP contribution in [-0.2, 0) is 16.3 Å². The number of hydrogen-bond acceptors (Lipinski definition) is 4. The average Bonchev–Trinajstić information content (AvgIpc) is 2.35. The van der Waals surface area contributed by atoms with Gasteiger partial charge < -0.3 is 10.5 Å². The van der Waals surface area contributed by atoms with Gasteiger partial charge in [-0.2, -0.15) is 0 Å². The fourth-order valence-electron chi connectivity index (χ4n) is 1.80. The summed E-state index contributed by atoms with van der Waals surface area (Å²) in [5, 5.41) is 0. The Morgan fingerprint density at radius 2 is 2.10 bits per heavy atom. The number of benzene rings is 1. The summed E-state index contributed by atoms with van der Waals surface area (Å²) in [7, 11) is -3.02. The van der Waals surface area contributed by atoms with Crippen LogP contribution in [-0.4, -0.2) is 33.1 Å². The minimum atomic E-state index is -3.02. The Morgan fingerprint density at radius 3 is 2.70 bits per heavy atom. The number of hydrogen-bond donors (Lipinski definition) is 1. The van der Waals surface area contributed by atoms with Crippen LogP contribution in [0.3, 0.4) is 0 Å². The highest BCUT2D eigenvalue weighted by Crippen LogP contribution is 2.24. The van der Waals surface area contributed by atoms with E-state index in [4.69, 9.17) is 10.5 Å². The SMILES string of the molecule is CCC(N)Cc1cccc(F)c1OCCCS(C)(=O)=O. The molecule has 0 bridgehead atoms. The Hall–Kier alpha value is -1.14. The molecule has 20 heavy (non-hydrogen) atoms. The largest absolute Gasteiger partial charge is 0.490 e. The fourth-order valence-corrected chi connectivity index (χ4v) is 2.44. The van der Waals surface area contributed by atoms with Gasteiger partial charge in [-0.25, -0.2) is 12.8 Å². The van der Waals surface area contributed by atoms with Crippen molar-refractivity contribution >= 4 is 9.84 Å². The van der Waals surface area contributed by atoms with Crippen molar-refractivity contribution in [3.8, 4) is 5.75 Å². The smallest absolute Gasteiger partial charge is 0.165 e. The van der Waals surface area contributed by atoms with Gasteiger partial charge in [0.2, 0.25) is 0 Å². The molecule has 0 fully saturated rings. The fraction of sp³-hybridized carbons (Fsp3) is 0.571. The standard InChI is InChI=1S/C14H22FNO3S/c1-3-12(16)10-11-6-4-7-13(15)14(11)19-8-5-9-20(2,17)18/h4,6-7,12H,3,5,8-10,16H2,1-2H3. The third-order valence-electron chi connectivity index (χ3n) is 2.96. The lowest BCUT2D eigenvalue weighted by Gasteiger charge is -2.15. The number of halogens is 1. The van der Waals surface area contributed by atoms with Crippen LogP contribution < -0.4 is 10.5 Å². The van der Waals surface area contributed by atoms with Crippen LogP contribution in [0.2, 0.25) is 0 Å². The second-order valence-electron chi connectivity index (χ2n) is 4.93. The first-order valence-corrected chi connectivity index (χ1v) is 8.73. The highest BCUT2D eigenvalue weighted by atomic mass is 32.2. The van der Waals surface area contributed by atoms with Gasteiger partial charge in [-0.05, 0) is 30.9 Å².